The van der Waals surface area contributed by atoms with E-state index in [0.29, 0.717) is 5.41 Å². The number of rotatable bonds is 0. The highest BCUT2D eigenvalue weighted by molar-refractivity contribution is 4.99. The normalized spacial score (nSPS) is 47.7. The molecule has 0 aromatic rings. The van der Waals surface area contributed by atoms with Crippen molar-refractivity contribution in [1.82, 2.24) is 5.32 Å². The Hall–Kier alpha value is -0.0400. The topological polar surface area (TPSA) is 12.0 Å². The number of nitrogens with one attached hydrogen (secondary N) is 1. The summed E-state index contributed by atoms with van der Waals surface area (Å²) in [5.41, 5.74) is 0.605. The Morgan fingerprint density at radius 3 is 2.73 bits per heavy atom. The van der Waals surface area contributed by atoms with Gasteiger partial charge in [0.15, 0.2) is 0 Å². The van der Waals surface area contributed by atoms with Gasteiger partial charge >= 0.3 is 0 Å². The molecular formula is C10H19N. The van der Waals surface area contributed by atoms with Crippen molar-refractivity contribution in [3.63, 3.8) is 0 Å². The summed E-state index contributed by atoms with van der Waals surface area (Å²) >= 11 is 0. The standard InChI is InChI=1S/C10H19N/c1-7-6-11-8-4-9(7)10(2,3)5-8/h7-9,11H,4-6H2,1-3H3. The van der Waals surface area contributed by atoms with Crippen LogP contribution < -0.4 is 5.32 Å². The van der Waals surface area contributed by atoms with E-state index in [1.165, 1.54) is 19.4 Å². The van der Waals surface area contributed by atoms with Crippen LogP contribution in [0.5, 0.6) is 0 Å². The molecule has 2 fully saturated rings. The highest BCUT2D eigenvalue weighted by atomic mass is 15.0. The molecule has 0 aromatic heterocycles. The van der Waals surface area contributed by atoms with Crippen LogP contribution >= 0.6 is 0 Å². The molecule has 1 aliphatic heterocycles. The lowest BCUT2D eigenvalue weighted by Gasteiger charge is -2.32. The first-order chi connectivity index (χ1) is 5.09. The van der Waals surface area contributed by atoms with E-state index < -0.39 is 0 Å². The van der Waals surface area contributed by atoms with Crippen molar-refractivity contribution in [3.8, 4) is 0 Å². The molecule has 0 spiro atoms. The molecule has 3 unspecified atom stereocenters. The van der Waals surface area contributed by atoms with Crippen molar-refractivity contribution in [1.29, 1.82) is 0 Å². The first-order valence-electron chi connectivity index (χ1n) is 4.83. The van der Waals surface area contributed by atoms with E-state index in [4.69, 9.17) is 0 Å². The van der Waals surface area contributed by atoms with Gasteiger partial charge in [-0.25, -0.2) is 0 Å². The summed E-state index contributed by atoms with van der Waals surface area (Å²) in [7, 11) is 0. The van der Waals surface area contributed by atoms with Gasteiger partial charge < -0.3 is 5.32 Å². The summed E-state index contributed by atoms with van der Waals surface area (Å²) in [5, 5.41) is 3.62. The van der Waals surface area contributed by atoms with E-state index in [1.54, 1.807) is 0 Å². The minimum atomic E-state index is 0.605. The van der Waals surface area contributed by atoms with Gasteiger partial charge in [-0.3, -0.25) is 0 Å². The zero-order valence-corrected chi connectivity index (χ0v) is 7.85. The molecule has 2 bridgehead atoms. The van der Waals surface area contributed by atoms with Gasteiger partial charge in [0.05, 0.1) is 0 Å². The Labute approximate surface area is 69.6 Å². The third-order valence-corrected chi connectivity index (χ3v) is 3.73. The molecule has 0 aromatic carbocycles. The van der Waals surface area contributed by atoms with Crippen molar-refractivity contribution in [3.05, 3.63) is 0 Å². The molecule has 0 amide bonds. The van der Waals surface area contributed by atoms with Crippen LogP contribution in [0, 0.1) is 17.3 Å². The Morgan fingerprint density at radius 2 is 2.09 bits per heavy atom. The highest BCUT2D eigenvalue weighted by Crippen LogP contribution is 2.48. The molecule has 11 heavy (non-hydrogen) atoms. The van der Waals surface area contributed by atoms with Crippen LogP contribution in [0.1, 0.15) is 33.6 Å². The van der Waals surface area contributed by atoms with E-state index >= 15 is 0 Å². The fourth-order valence-electron chi connectivity index (χ4n) is 3.15. The van der Waals surface area contributed by atoms with Crippen LogP contribution in [0.2, 0.25) is 0 Å². The van der Waals surface area contributed by atoms with Crippen molar-refractivity contribution >= 4 is 0 Å². The van der Waals surface area contributed by atoms with Crippen LogP contribution in [0.15, 0.2) is 0 Å². The zero-order valence-electron chi connectivity index (χ0n) is 7.85. The van der Waals surface area contributed by atoms with Crippen molar-refractivity contribution in [2.45, 2.75) is 39.7 Å². The van der Waals surface area contributed by atoms with Gasteiger partial charge in [0.25, 0.3) is 0 Å². The average Bonchev–Trinajstić information content (AvgIpc) is 2.15. The van der Waals surface area contributed by atoms with Crippen LogP contribution in [0.3, 0.4) is 0 Å². The molecule has 2 rings (SSSR count). The van der Waals surface area contributed by atoms with Crippen LogP contribution in [-0.4, -0.2) is 12.6 Å². The first kappa shape index (κ1) is 7.60. The Balaban J connectivity index is 2.19. The summed E-state index contributed by atoms with van der Waals surface area (Å²) in [6.07, 6.45) is 2.82. The minimum absolute atomic E-state index is 0.605. The lowest BCUT2D eigenvalue weighted by Crippen LogP contribution is -2.37. The summed E-state index contributed by atoms with van der Waals surface area (Å²) < 4.78 is 0. The zero-order chi connectivity index (χ0) is 8.06. The van der Waals surface area contributed by atoms with Gasteiger partial charge in [-0.15, -0.1) is 0 Å². The predicted octanol–water partition coefficient (Wildman–Crippen LogP) is 2.03. The summed E-state index contributed by atoms with van der Waals surface area (Å²) in [6, 6.07) is 0.839. The van der Waals surface area contributed by atoms with Crippen molar-refractivity contribution < 1.29 is 0 Å². The van der Waals surface area contributed by atoms with Gasteiger partial charge in [-0.2, -0.15) is 0 Å². The Kier molecular flexibility index (Phi) is 1.54. The van der Waals surface area contributed by atoms with Crippen LogP contribution in [-0.2, 0) is 0 Å². The van der Waals surface area contributed by atoms with E-state index in [-0.39, 0.29) is 0 Å². The van der Waals surface area contributed by atoms with E-state index in [1.807, 2.05) is 0 Å². The molecular weight excluding hydrogens is 134 g/mol. The van der Waals surface area contributed by atoms with Crippen LogP contribution in [0.25, 0.3) is 0 Å². The maximum absolute atomic E-state index is 3.62. The number of hydrogen-bond acceptors (Lipinski definition) is 1. The predicted molar refractivity (Wildman–Crippen MR) is 47.5 cm³/mol. The van der Waals surface area contributed by atoms with Gasteiger partial charge in [0, 0.05) is 6.04 Å². The van der Waals surface area contributed by atoms with Crippen molar-refractivity contribution in [2.24, 2.45) is 17.3 Å². The molecule has 1 N–H and O–H groups in total. The lowest BCUT2D eigenvalue weighted by atomic mass is 9.75. The van der Waals surface area contributed by atoms with E-state index in [2.05, 4.69) is 26.1 Å². The summed E-state index contributed by atoms with van der Waals surface area (Å²) in [4.78, 5) is 0. The third-order valence-electron chi connectivity index (χ3n) is 3.73. The first-order valence-corrected chi connectivity index (χ1v) is 4.83. The molecule has 3 atom stereocenters. The molecule has 0 radical (unpaired) electrons. The maximum atomic E-state index is 3.62. The molecule has 1 nitrogen and oxygen atoms in total. The fraction of sp³-hybridized carbons (Fsp3) is 1.00. The second-order valence-corrected chi connectivity index (χ2v) is 5.12. The molecule has 1 heterocycles. The second-order valence-electron chi connectivity index (χ2n) is 5.12. The highest BCUT2D eigenvalue weighted by Gasteiger charge is 2.45. The smallest absolute Gasteiger partial charge is 0.00753 e. The monoisotopic (exact) mass is 153 g/mol. The van der Waals surface area contributed by atoms with Crippen LogP contribution in [0.4, 0.5) is 0 Å². The van der Waals surface area contributed by atoms with E-state index in [9.17, 15) is 0 Å². The quantitative estimate of drug-likeness (QED) is 0.561. The van der Waals surface area contributed by atoms with Gasteiger partial charge in [-0.1, -0.05) is 20.8 Å². The number of fused-ring (bicyclic) bond motifs is 2. The molecule has 1 aliphatic carbocycles. The molecule has 64 valence electrons. The number of piperidine rings is 1. The van der Waals surface area contributed by atoms with Gasteiger partial charge in [0.1, 0.15) is 0 Å². The molecule has 1 saturated carbocycles. The second kappa shape index (κ2) is 2.22. The van der Waals surface area contributed by atoms with Gasteiger partial charge in [0.2, 0.25) is 0 Å². The molecule has 1 heteroatoms. The SMILES string of the molecule is CC1CNC2CC1C(C)(C)C2. The molecule has 2 aliphatic rings. The number of hydrogen-bond donors (Lipinski definition) is 1. The van der Waals surface area contributed by atoms with E-state index in [0.717, 1.165) is 17.9 Å². The third kappa shape index (κ3) is 1.10. The van der Waals surface area contributed by atoms with Gasteiger partial charge in [-0.05, 0) is 36.6 Å². The molecule has 1 saturated heterocycles. The summed E-state index contributed by atoms with van der Waals surface area (Å²) in [6.45, 7) is 8.50. The fourth-order valence-corrected chi connectivity index (χ4v) is 3.15. The lowest BCUT2D eigenvalue weighted by molar-refractivity contribution is 0.182. The largest absolute Gasteiger partial charge is 0.314 e. The minimum Gasteiger partial charge on any atom is -0.314 e. The summed E-state index contributed by atoms with van der Waals surface area (Å²) in [5.74, 6) is 1.87. The maximum Gasteiger partial charge on any atom is 0.00753 e. The average molecular weight is 153 g/mol. The Morgan fingerprint density at radius 1 is 1.36 bits per heavy atom. The Bertz CT molecular complexity index is 162. The van der Waals surface area contributed by atoms with Crippen molar-refractivity contribution in [2.75, 3.05) is 6.54 Å².